The Labute approximate surface area is 133 Å². The number of halogens is 2. The summed E-state index contributed by atoms with van der Waals surface area (Å²) in [6.07, 6.45) is 2.05. The highest BCUT2D eigenvalue weighted by molar-refractivity contribution is 9.10. The van der Waals surface area contributed by atoms with Crippen molar-refractivity contribution in [3.8, 4) is 0 Å². The summed E-state index contributed by atoms with van der Waals surface area (Å²) >= 11 is 3.56. The molecule has 1 aliphatic rings. The molecule has 0 aliphatic carbocycles. The zero-order valence-corrected chi connectivity index (χ0v) is 13.9. The van der Waals surface area contributed by atoms with E-state index in [2.05, 4.69) is 53.3 Å². The number of benzene rings is 2. The molecule has 110 valence electrons. The normalized spacial score (nSPS) is 20.3. The van der Waals surface area contributed by atoms with Crippen LogP contribution in [0.4, 0.5) is 10.1 Å². The van der Waals surface area contributed by atoms with E-state index in [0.717, 1.165) is 28.6 Å². The second-order valence-corrected chi connectivity index (χ2v) is 7.28. The van der Waals surface area contributed by atoms with Gasteiger partial charge in [0.25, 0.3) is 0 Å². The third-order valence-corrected chi connectivity index (χ3v) is 4.84. The Kier molecular flexibility index (Phi) is 3.78. The number of hydrogen-bond acceptors (Lipinski definition) is 1. The van der Waals surface area contributed by atoms with Crippen LogP contribution in [-0.4, -0.2) is 0 Å². The standard InChI is InChI=1S/C18H19BrFN/c1-18(2)9-8-16(12-4-3-5-14(20)10-12)21-17-7-6-13(19)11-15(17)18/h3-7,10-11,16,21H,8-9H2,1-2H3. The van der Waals surface area contributed by atoms with E-state index in [0.29, 0.717) is 0 Å². The SMILES string of the molecule is CC1(C)CCC(c2cccc(F)c2)Nc2ccc(Br)cc21. The van der Waals surface area contributed by atoms with Gasteiger partial charge in [0, 0.05) is 10.2 Å². The van der Waals surface area contributed by atoms with Crippen LogP contribution >= 0.6 is 15.9 Å². The van der Waals surface area contributed by atoms with Crippen molar-refractivity contribution in [1.82, 2.24) is 0 Å². The third-order valence-electron chi connectivity index (χ3n) is 4.35. The lowest BCUT2D eigenvalue weighted by atomic mass is 9.80. The lowest BCUT2D eigenvalue weighted by Crippen LogP contribution is -2.16. The molecule has 21 heavy (non-hydrogen) atoms. The molecule has 1 atom stereocenters. The summed E-state index contributed by atoms with van der Waals surface area (Å²) in [7, 11) is 0. The Morgan fingerprint density at radius 1 is 1.19 bits per heavy atom. The summed E-state index contributed by atoms with van der Waals surface area (Å²) in [5.74, 6) is -0.172. The van der Waals surface area contributed by atoms with E-state index in [1.54, 1.807) is 12.1 Å². The summed E-state index contributed by atoms with van der Waals surface area (Å²) in [6.45, 7) is 4.54. The Hall–Kier alpha value is -1.35. The number of hydrogen-bond donors (Lipinski definition) is 1. The van der Waals surface area contributed by atoms with E-state index in [-0.39, 0.29) is 17.3 Å². The summed E-state index contributed by atoms with van der Waals surface area (Å²) in [4.78, 5) is 0. The zero-order valence-electron chi connectivity index (χ0n) is 12.3. The Bertz CT molecular complexity index is 666. The molecule has 0 fully saturated rings. The summed E-state index contributed by atoms with van der Waals surface area (Å²) in [6, 6.07) is 13.4. The molecular formula is C18H19BrFN. The van der Waals surface area contributed by atoms with Crippen LogP contribution in [0, 0.1) is 5.82 Å². The topological polar surface area (TPSA) is 12.0 Å². The summed E-state index contributed by atoms with van der Waals surface area (Å²) in [5.41, 5.74) is 3.58. The molecule has 3 heteroatoms. The molecule has 0 bridgehead atoms. The van der Waals surface area contributed by atoms with Gasteiger partial charge in [0.2, 0.25) is 0 Å². The monoisotopic (exact) mass is 347 g/mol. The molecule has 1 aliphatic heterocycles. The Morgan fingerprint density at radius 3 is 2.76 bits per heavy atom. The zero-order chi connectivity index (χ0) is 15.0. The van der Waals surface area contributed by atoms with Gasteiger partial charge in [-0.15, -0.1) is 0 Å². The quantitative estimate of drug-likeness (QED) is 0.685. The van der Waals surface area contributed by atoms with Gasteiger partial charge in [-0.05, 0) is 59.7 Å². The minimum atomic E-state index is -0.172. The van der Waals surface area contributed by atoms with Gasteiger partial charge in [-0.25, -0.2) is 4.39 Å². The molecule has 0 saturated heterocycles. The first kappa shape index (κ1) is 14.6. The van der Waals surface area contributed by atoms with E-state index < -0.39 is 0 Å². The molecule has 1 nitrogen and oxygen atoms in total. The van der Waals surface area contributed by atoms with Gasteiger partial charge in [-0.3, -0.25) is 0 Å². The van der Waals surface area contributed by atoms with Gasteiger partial charge in [0.15, 0.2) is 0 Å². The van der Waals surface area contributed by atoms with Crippen molar-refractivity contribution in [1.29, 1.82) is 0 Å². The van der Waals surface area contributed by atoms with Crippen LogP contribution in [0.3, 0.4) is 0 Å². The molecule has 0 spiro atoms. The molecule has 0 aromatic heterocycles. The highest BCUT2D eigenvalue weighted by Crippen LogP contribution is 2.42. The largest absolute Gasteiger partial charge is 0.378 e. The second kappa shape index (κ2) is 5.45. The number of nitrogens with one attached hydrogen (secondary N) is 1. The maximum Gasteiger partial charge on any atom is 0.123 e. The molecular weight excluding hydrogens is 329 g/mol. The van der Waals surface area contributed by atoms with Crippen LogP contribution in [0.25, 0.3) is 0 Å². The average molecular weight is 348 g/mol. The van der Waals surface area contributed by atoms with E-state index in [9.17, 15) is 4.39 Å². The fourth-order valence-electron chi connectivity index (χ4n) is 3.08. The van der Waals surface area contributed by atoms with E-state index >= 15 is 0 Å². The molecule has 3 rings (SSSR count). The first-order valence-corrected chi connectivity index (χ1v) is 8.07. The first-order chi connectivity index (χ1) is 9.95. The summed E-state index contributed by atoms with van der Waals surface area (Å²) in [5, 5.41) is 3.60. The fourth-order valence-corrected chi connectivity index (χ4v) is 3.44. The van der Waals surface area contributed by atoms with Crippen molar-refractivity contribution in [2.75, 3.05) is 5.32 Å². The molecule has 1 heterocycles. The fraction of sp³-hybridized carbons (Fsp3) is 0.333. The molecule has 0 amide bonds. The molecule has 0 radical (unpaired) electrons. The van der Waals surface area contributed by atoms with Crippen molar-refractivity contribution < 1.29 is 4.39 Å². The molecule has 0 saturated carbocycles. The van der Waals surface area contributed by atoms with Crippen LogP contribution in [0.15, 0.2) is 46.9 Å². The van der Waals surface area contributed by atoms with E-state index in [1.807, 2.05) is 6.07 Å². The van der Waals surface area contributed by atoms with Crippen molar-refractivity contribution >= 4 is 21.6 Å². The molecule has 1 unspecified atom stereocenters. The van der Waals surface area contributed by atoms with Crippen LogP contribution < -0.4 is 5.32 Å². The maximum absolute atomic E-state index is 13.5. The van der Waals surface area contributed by atoms with Gasteiger partial charge in [-0.1, -0.05) is 41.9 Å². The Morgan fingerprint density at radius 2 is 2.00 bits per heavy atom. The lowest BCUT2D eigenvalue weighted by Gasteiger charge is -2.25. The molecule has 2 aromatic rings. The van der Waals surface area contributed by atoms with Crippen molar-refractivity contribution in [2.45, 2.75) is 38.1 Å². The minimum Gasteiger partial charge on any atom is -0.378 e. The average Bonchev–Trinajstić information content (AvgIpc) is 2.56. The van der Waals surface area contributed by atoms with Crippen LogP contribution in [0.1, 0.15) is 43.9 Å². The predicted molar refractivity (Wildman–Crippen MR) is 89.2 cm³/mol. The number of rotatable bonds is 1. The third kappa shape index (κ3) is 2.98. The van der Waals surface area contributed by atoms with Gasteiger partial charge >= 0.3 is 0 Å². The smallest absolute Gasteiger partial charge is 0.123 e. The van der Waals surface area contributed by atoms with Gasteiger partial charge in [-0.2, -0.15) is 0 Å². The Balaban J connectivity index is 2.01. The van der Waals surface area contributed by atoms with Crippen LogP contribution in [0.2, 0.25) is 0 Å². The highest BCUT2D eigenvalue weighted by Gasteiger charge is 2.29. The van der Waals surface area contributed by atoms with Crippen molar-refractivity contribution in [2.24, 2.45) is 0 Å². The van der Waals surface area contributed by atoms with Gasteiger partial charge < -0.3 is 5.32 Å². The predicted octanol–water partition coefficient (Wildman–Crippen LogP) is 5.81. The van der Waals surface area contributed by atoms with Crippen LogP contribution in [-0.2, 0) is 5.41 Å². The number of fused-ring (bicyclic) bond motifs is 1. The van der Waals surface area contributed by atoms with E-state index in [1.165, 1.54) is 11.6 Å². The second-order valence-electron chi connectivity index (χ2n) is 6.36. The van der Waals surface area contributed by atoms with Gasteiger partial charge in [0.05, 0.1) is 6.04 Å². The lowest BCUT2D eigenvalue weighted by molar-refractivity contribution is 0.456. The number of anilines is 1. The maximum atomic E-state index is 13.5. The highest BCUT2D eigenvalue weighted by atomic mass is 79.9. The van der Waals surface area contributed by atoms with Crippen molar-refractivity contribution in [3.63, 3.8) is 0 Å². The molecule has 1 N–H and O–H groups in total. The minimum absolute atomic E-state index is 0.105. The molecule has 2 aromatic carbocycles. The van der Waals surface area contributed by atoms with Crippen LogP contribution in [0.5, 0.6) is 0 Å². The van der Waals surface area contributed by atoms with E-state index in [4.69, 9.17) is 0 Å². The van der Waals surface area contributed by atoms with Crippen molar-refractivity contribution in [3.05, 3.63) is 63.9 Å². The first-order valence-electron chi connectivity index (χ1n) is 7.28. The summed E-state index contributed by atoms with van der Waals surface area (Å²) < 4.78 is 14.6. The van der Waals surface area contributed by atoms with Gasteiger partial charge in [0.1, 0.15) is 5.82 Å².